The number of hydrogen-bond donors (Lipinski definition) is 0. The van der Waals surface area contributed by atoms with Gasteiger partial charge in [-0.15, -0.1) is 0 Å². The van der Waals surface area contributed by atoms with Gasteiger partial charge in [-0.25, -0.2) is 4.98 Å². The summed E-state index contributed by atoms with van der Waals surface area (Å²) in [6, 6.07) is 9.98. The normalized spacial score (nSPS) is 12.6. The van der Waals surface area contributed by atoms with Crippen LogP contribution in [0.1, 0.15) is 16.2 Å². The molecular weight excluding hydrogens is 311 g/mol. The predicted octanol–water partition coefficient (Wildman–Crippen LogP) is 3.24. The first-order chi connectivity index (χ1) is 10.1. The molecule has 0 saturated carbocycles. The molecule has 4 rings (SSSR count). The fourth-order valence-corrected chi connectivity index (χ4v) is 3.01. The van der Waals surface area contributed by atoms with E-state index >= 15 is 0 Å². The summed E-state index contributed by atoms with van der Waals surface area (Å²) in [6.07, 6.45) is 0. The van der Waals surface area contributed by atoms with E-state index in [4.69, 9.17) is 23.2 Å². The number of carbonyl (C=O) groups is 1. The van der Waals surface area contributed by atoms with Crippen molar-refractivity contribution in [1.29, 1.82) is 0 Å². The minimum absolute atomic E-state index is 0.0675. The van der Waals surface area contributed by atoms with E-state index in [1.807, 2.05) is 0 Å². The summed E-state index contributed by atoms with van der Waals surface area (Å²) in [7, 11) is 0. The van der Waals surface area contributed by atoms with E-state index in [1.165, 1.54) is 4.57 Å². The third-order valence-electron chi connectivity index (χ3n) is 3.52. The van der Waals surface area contributed by atoms with Gasteiger partial charge < -0.3 is 0 Å². The van der Waals surface area contributed by atoms with Crippen LogP contribution in [0.4, 0.5) is 0 Å². The third kappa shape index (κ3) is 1.54. The fourth-order valence-electron chi connectivity index (χ4n) is 2.57. The number of fused-ring (bicyclic) bond motifs is 4. The summed E-state index contributed by atoms with van der Waals surface area (Å²) in [5, 5.41) is 0.773. The van der Waals surface area contributed by atoms with Gasteiger partial charge in [-0.2, -0.15) is 0 Å². The first-order valence-corrected chi connectivity index (χ1v) is 6.90. The zero-order valence-corrected chi connectivity index (χ0v) is 11.9. The molecule has 0 saturated heterocycles. The first-order valence-electron chi connectivity index (χ1n) is 6.14. The highest BCUT2D eigenvalue weighted by molar-refractivity contribution is 6.39. The smallest absolute Gasteiger partial charge is 0.267 e. The first kappa shape index (κ1) is 12.6. The molecule has 6 heteroatoms. The van der Waals surface area contributed by atoms with Crippen LogP contribution in [0.2, 0.25) is 10.0 Å². The lowest BCUT2D eigenvalue weighted by atomic mass is 10.1. The molecule has 0 atom stereocenters. The summed E-state index contributed by atoms with van der Waals surface area (Å²) < 4.78 is 1.29. The quantitative estimate of drug-likeness (QED) is 0.500. The number of halogens is 2. The Labute approximate surface area is 128 Å². The molecule has 1 aromatic heterocycles. The Morgan fingerprint density at radius 2 is 1.67 bits per heavy atom. The zero-order valence-electron chi connectivity index (χ0n) is 10.4. The topological polar surface area (TPSA) is 52.0 Å². The molecule has 0 spiro atoms. The molecule has 1 aliphatic heterocycles. The SMILES string of the molecule is O=C1c2ccccc2-n2c1nc1c(Cl)ccc(Cl)c1c2=O. The molecule has 0 aliphatic carbocycles. The number of para-hydroxylation sites is 1. The Morgan fingerprint density at radius 3 is 2.48 bits per heavy atom. The Bertz CT molecular complexity index is 1010. The highest BCUT2D eigenvalue weighted by atomic mass is 35.5. The summed E-state index contributed by atoms with van der Waals surface area (Å²) in [4.78, 5) is 29.4. The Morgan fingerprint density at radius 1 is 0.952 bits per heavy atom. The molecule has 2 heterocycles. The fraction of sp³-hybridized carbons (Fsp3) is 0. The maximum Gasteiger partial charge on any atom is 0.267 e. The van der Waals surface area contributed by atoms with E-state index < -0.39 is 0 Å². The van der Waals surface area contributed by atoms with E-state index in [2.05, 4.69) is 4.98 Å². The van der Waals surface area contributed by atoms with Crippen LogP contribution in [0.5, 0.6) is 0 Å². The second kappa shape index (κ2) is 4.16. The van der Waals surface area contributed by atoms with Crippen molar-refractivity contribution in [2.45, 2.75) is 0 Å². The van der Waals surface area contributed by atoms with Crippen molar-refractivity contribution in [3.63, 3.8) is 0 Å². The van der Waals surface area contributed by atoms with Crippen LogP contribution in [0.15, 0.2) is 41.2 Å². The minimum atomic E-state index is -0.388. The molecule has 0 amide bonds. The van der Waals surface area contributed by atoms with Gasteiger partial charge in [0, 0.05) is 0 Å². The highest BCUT2D eigenvalue weighted by Gasteiger charge is 2.30. The van der Waals surface area contributed by atoms with Crippen molar-refractivity contribution in [2.75, 3.05) is 0 Å². The number of aromatic nitrogens is 2. The van der Waals surface area contributed by atoms with Crippen molar-refractivity contribution in [1.82, 2.24) is 9.55 Å². The Hall–Kier alpha value is -2.17. The van der Waals surface area contributed by atoms with E-state index in [-0.39, 0.29) is 33.1 Å². The van der Waals surface area contributed by atoms with Crippen molar-refractivity contribution in [2.24, 2.45) is 0 Å². The number of hydrogen-bond acceptors (Lipinski definition) is 3. The van der Waals surface area contributed by atoms with Crippen LogP contribution in [0.3, 0.4) is 0 Å². The van der Waals surface area contributed by atoms with Gasteiger partial charge in [0.15, 0.2) is 5.82 Å². The van der Waals surface area contributed by atoms with E-state index in [0.29, 0.717) is 16.3 Å². The lowest BCUT2D eigenvalue weighted by Gasteiger charge is -2.07. The molecule has 0 unspecified atom stereocenters. The van der Waals surface area contributed by atoms with Gasteiger partial charge in [-0.05, 0) is 24.3 Å². The third-order valence-corrected chi connectivity index (χ3v) is 4.14. The summed E-state index contributed by atoms with van der Waals surface area (Å²) in [5.41, 5.74) is 0.833. The van der Waals surface area contributed by atoms with E-state index in [1.54, 1.807) is 36.4 Å². The minimum Gasteiger partial charge on any atom is -0.285 e. The Balaban J connectivity index is 2.26. The second-order valence-corrected chi connectivity index (χ2v) is 5.49. The van der Waals surface area contributed by atoms with Crippen molar-refractivity contribution >= 4 is 39.9 Å². The highest BCUT2D eigenvalue weighted by Crippen LogP contribution is 2.30. The molecular formula is C15H6Cl2N2O2. The molecule has 21 heavy (non-hydrogen) atoms. The van der Waals surface area contributed by atoms with Crippen molar-refractivity contribution in [3.8, 4) is 5.69 Å². The summed E-state index contributed by atoms with van der Waals surface area (Å²) in [5.74, 6) is -0.224. The van der Waals surface area contributed by atoms with Gasteiger partial charge in [-0.3, -0.25) is 14.2 Å². The lowest BCUT2D eigenvalue weighted by molar-refractivity contribution is 0.103. The van der Waals surface area contributed by atoms with E-state index in [9.17, 15) is 9.59 Å². The van der Waals surface area contributed by atoms with Gasteiger partial charge >= 0.3 is 0 Å². The molecule has 102 valence electrons. The molecule has 3 aromatic rings. The van der Waals surface area contributed by atoms with Gasteiger partial charge in [0.05, 0.1) is 32.2 Å². The largest absolute Gasteiger partial charge is 0.285 e. The lowest BCUT2D eigenvalue weighted by Crippen LogP contribution is -2.21. The molecule has 0 N–H and O–H groups in total. The average Bonchev–Trinajstić information content (AvgIpc) is 2.77. The van der Waals surface area contributed by atoms with Gasteiger partial charge in [0.25, 0.3) is 5.56 Å². The molecule has 0 bridgehead atoms. The van der Waals surface area contributed by atoms with Crippen LogP contribution in [-0.2, 0) is 0 Å². The molecule has 0 radical (unpaired) electrons. The Kier molecular flexibility index (Phi) is 2.49. The molecule has 1 aliphatic rings. The molecule has 0 fully saturated rings. The number of nitrogens with zero attached hydrogens (tertiary/aromatic N) is 2. The van der Waals surface area contributed by atoms with Gasteiger partial charge in [0.1, 0.15) is 0 Å². The number of ketones is 1. The van der Waals surface area contributed by atoms with Crippen LogP contribution >= 0.6 is 23.2 Å². The van der Waals surface area contributed by atoms with E-state index in [0.717, 1.165) is 0 Å². The number of carbonyl (C=O) groups excluding carboxylic acids is 1. The number of benzene rings is 2. The maximum atomic E-state index is 12.7. The maximum absolute atomic E-state index is 12.7. The summed E-state index contributed by atoms with van der Waals surface area (Å²) >= 11 is 12.2. The van der Waals surface area contributed by atoms with Gasteiger partial charge in [0.2, 0.25) is 5.78 Å². The van der Waals surface area contributed by atoms with Crippen molar-refractivity contribution < 1.29 is 4.79 Å². The number of rotatable bonds is 0. The van der Waals surface area contributed by atoms with Crippen molar-refractivity contribution in [3.05, 3.63) is 68.2 Å². The van der Waals surface area contributed by atoms with Crippen LogP contribution in [0, 0.1) is 0 Å². The van der Waals surface area contributed by atoms with Crippen LogP contribution < -0.4 is 5.56 Å². The zero-order chi connectivity index (χ0) is 14.7. The predicted molar refractivity (Wildman–Crippen MR) is 80.8 cm³/mol. The molecule has 2 aromatic carbocycles. The molecule has 4 nitrogen and oxygen atoms in total. The second-order valence-electron chi connectivity index (χ2n) is 4.68. The van der Waals surface area contributed by atoms with Crippen LogP contribution in [-0.4, -0.2) is 15.3 Å². The van der Waals surface area contributed by atoms with Crippen LogP contribution in [0.25, 0.3) is 16.6 Å². The standard InChI is InChI=1S/C15H6Cl2N2O2/c16-8-5-6-9(17)12-11(8)15(21)19-10-4-2-1-3-7(10)13(20)14(19)18-12/h1-6H. The monoisotopic (exact) mass is 316 g/mol. The van der Waals surface area contributed by atoms with Gasteiger partial charge in [-0.1, -0.05) is 35.3 Å². The summed E-state index contributed by atoms with van der Waals surface area (Å²) in [6.45, 7) is 0. The average molecular weight is 317 g/mol.